The molecule has 130 valence electrons. The van der Waals surface area contributed by atoms with Crippen molar-refractivity contribution in [2.24, 2.45) is 10.7 Å². The number of aliphatic imine (C=N–C) groups is 1. The number of benzene rings is 2. The van der Waals surface area contributed by atoms with Gasteiger partial charge < -0.3 is 20.5 Å². The lowest BCUT2D eigenvalue weighted by Gasteiger charge is -2.13. The van der Waals surface area contributed by atoms with E-state index in [4.69, 9.17) is 26.8 Å². The van der Waals surface area contributed by atoms with Gasteiger partial charge in [0.05, 0.1) is 18.7 Å². The summed E-state index contributed by atoms with van der Waals surface area (Å²) in [6.07, 6.45) is -0.0859. The van der Waals surface area contributed by atoms with Gasteiger partial charge in [-0.2, -0.15) is 0 Å². The number of para-hydroxylation sites is 1. The first kappa shape index (κ1) is 20.4. The van der Waals surface area contributed by atoms with Gasteiger partial charge in [-0.25, -0.2) is 4.99 Å². The Labute approximate surface area is 164 Å². The van der Waals surface area contributed by atoms with Crippen LogP contribution in [0.4, 0.5) is 5.69 Å². The molecule has 2 aromatic rings. The summed E-state index contributed by atoms with van der Waals surface area (Å²) in [6, 6.07) is 14.9. The van der Waals surface area contributed by atoms with Gasteiger partial charge in [0.1, 0.15) is 17.6 Å². The molecular formula is C17H21ClIN3O2. The molecule has 1 unspecified atom stereocenters. The van der Waals surface area contributed by atoms with E-state index in [0.29, 0.717) is 23.3 Å². The molecule has 7 heteroatoms. The predicted octanol–water partition coefficient (Wildman–Crippen LogP) is 4.16. The average molecular weight is 462 g/mol. The van der Waals surface area contributed by atoms with Crippen molar-refractivity contribution in [2.75, 3.05) is 19.0 Å². The van der Waals surface area contributed by atoms with Crippen LogP contribution in [0.25, 0.3) is 0 Å². The second-order valence-corrected chi connectivity index (χ2v) is 5.35. The maximum atomic E-state index is 6.07. The SMILES string of the molecule is COc1ccc(NC(N)=NCC(C)Oc2ccccc2)cc1Cl.I. The number of halogens is 2. The van der Waals surface area contributed by atoms with E-state index in [-0.39, 0.29) is 30.1 Å². The van der Waals surface area contributed by atoms with E-state index in [2.05, 4.69) is 10.3 Å². The number of ether oxygens (including phenoxy) is 2. The number of hydrogen-bond acceptors (Lipinski definition) is 3. The van der Waals surface area contributed by atoms with E-state index >= 15 is 0 Å². The van der Waals surface area contributed by atoms with Gasteiger partial charge in [-0.1, -0.05) is 29.8 Å². The van der Waals surface area contributed by atoms with Gasteiger partial charge in [-0.05, 0) is 37.3 Å². The molecule has 0 aromatic heterocycles. The van der Waals surface area contributed by atoms with E-state index in [1.54, 1.807) is 19.2 Å². The highest BCUT2D eigenvalue weighted by Gasteiger charge is 2.05. The van der Waals surface area contributed by atoms with Crippen LogP contribution in [-0.2, 0) is 0 Å². The molecule has 0 saturated carbocycles. The first-order valence-corrected chi connectivity index (χ1v) is 7.58. The zero-order valence-electron chi connectivity index (χ0n) is 13.5. The summed E-state index contributed by atoms with van der Waals surface area (Å²) in [5.41, 5.74) is 6.62. The predicted molar refractivity (Wildman–Crippen MR) is 110 cm³/mol. The maximum Gasteiger partial charge on any atom is 0.193 e. The molecule has 2 aromatic carbocycles. The summed E-state index contributed by atoms with van der Waals surface area (Å²) in [4.78, 5) is 4.27. The van der Waals surface area contributed by atoms with Crippen molar-refractivity contribution in [2.45, 2.75) is 13.0 Å². The summed E-state index contributed by atoms with van der Waals surface area (Å²) in [5.74, 6) is 1.72. The van der Waals surface area contributed by atoms with Gasteiger partial charge in [-0.15, -0.1) is 24.0 Å². The molecule has 0 aliphatic carbocycles. The van der Waals surface area contributed by atoms with Crippen molar-refractivity contribution < 1.29 is 9.47 Å². The van der Waals surface area contributed by atoms with E-state index in [1.165, 1.54) is 0 Å². The zero-order chi connectivity index (χ0) is 16.7. The number of hydrogen-bond donors (Lipinski definition) is 2. The van der Waals surface area contributed by atoms with Crippen molar-refractivity contribution in [3.05, 3.63) is 53.6 Å². The van der Waals surface area contributed by atoms with Gasteiger partial charge in [0, 0.05) is 5.69 Å². The molecule has 3 N–H and O–H groups in total. The first-order chi connectivity index (χ1) is 11.1. The smallest absolute Gasteiger partial charge is 0.193 e. The zero-order valence-corrected chi connectivity index (χ0v) is 16.6. The second kappa shape index (κ2) is 10.2. The summed E-state index contributed by atoms with van der Waals surface area (Å²) < 4.78 is 10.8. The number of rotatable bonds is 6. The summed E-state index contributed by atoms with van der Waals surface area (Å²) in [7, 11) is 1.57. The minimum atomic E-state index is -0.0859. The van der Waals surface area contributed by atoms with Crippen LogP contribution in [0.1, 0.15) is 6.92 Å². The fourth-order valence-electron chi connectivity index (χ4n) is 1.93. The van der Waals surface area contributed by atoms with E-state index in [9.17, 15) is 0 Å². The topological polar surface area (TPSA) is 68.9 Å². The molecule has 0 amide bonds. The third-order valence-electron chi connectivity index (χ3n) is 3.02. The van der Waals surface area contributed by atoms with Crippen LogP contribution in [0.5, 0.6) is 11.5 Å². The lowest BCUT2D eigenvalue weighted by Crippen LogP contribution is -2.25. The fourth-order valence-corrected chi connectivity index (χ4v) is 2.18. The number of anilines is 1. The van der Waals surface area contributed by atoms with E-state index in [1.807, 2.05) is 43.3 Å². The average Bonchev–Trinajstić information content (AvgIpc) is 2.54. The molecule has 0 bridgehead atoms. The van der Waals surface area contributed by atoms with Crippen molar-refractivity contribution in [3.8, 4) is 11.5 Å². The molecule has 0 heterocycles. The molecule has 24 heavy (non-hydrogen) atoms. The Kier molecular flexibility index (Phi) is 8.70. The van der Waals surface area contributed by atoms with Crippen LogP contribution >= 0.6 is 35.6 Å². The van der Waals surface area contributed by atoms with Crippen LogP contribution < -0.4 is 20.5 Å². The van der Waals surface area contributed by atoms with E-state index in [0.717, 1.165) is 11.4 Å². The molecular weight excluding hydrogens is 441 g/mol. The molecule has 0 aliphatic heterocycles. The van der Waals surface area contributed by atoms with Gasteiger partial charge in [-0.3, -0.25) is 0 Å². The van der Waals surface area contributed by atoms with Crippen LogP contribution in [0.3, 0.4) is 0 Å². The van der Waals surface area contributed by atoms with Crippen LogP contribution in [0.15, 0.2) is 53.5 Å². The summed E-state index contributed by atoms with van der Waals surface area (Å²) in [6.45, 7) is 2.38. The molecule has 1 atom stereocenters. The van der Waals surface area contributed by atoms with Gasteiger partial charge in [0.2, 0.25) is 0 Å². The monoisotopic (exact) mass is 461 g/mol. The summed E-state index contributed by atoms with van der Waals surface area (Å²) in [5, 5.41) is 3.49. The van der Waals surface area contributed by atoms with Crippen molar-refractivity contribution >= 4 is 47.2 Å². The molecule has 2 rings (SSSR count). The molecule has 5 nitrogen and oxygen atoms in total. The molecule has 0 saturated heterocycles. The third-order valence-corrected chi connectivity index (χ3v) is 3.32. The Bertz CT molecular complexity index is 668. The third kappa shape index (κ3) is 6.45. The molecule has 0 spiro atoms. The largest absolute Gasteiger partial charge is 0.495 e. The summed E-state index contributed by atoms with van der Waals surface area (Å²) >= 11 is 6.07. The normalized spacial score (nSPS) is 12.0. The number of nitrogens with two attached hydrogens (primary N) is 1. The van der Waals surface area contributed by atoms with Gasteiger partial charge in [0.15, 0.2) is 5.96 Å². The highest BCUT2D eigenvalue weighted by molar-refractivity contribution is 14.0. The Hall–Kier alpha value is -1.67. The van der Waals surface area contributed by atoms with E-state index < -0.39 is 0 Å². The molecule has 0 fully saturated rings. The highest BCUT2D eigenvalue weighted by atomic mass is 127. The van der Waals surface area contributed by atoms with Crippen molar-refractivity contribution in [1.82, 2.24) is 0 Å². The standard InChI is InChI=1S/C17H20ClN3O2.HI/c1-12(23-14-6-4-3-5-7-14)11-20-17(19)21-13-8-9-16(22-2)15(18)10-13;/h3-10,12H,11H2,1-2H3,(H3,19,20,21);1H. The van der Waals surface area contributed by atoms with Crippen LogP contribution in [0, 0.1) is 0 Å². The fraction of sp³-hybridized carbons (Fsp3) is 0.235. The number of guanidine groups is 1. The molecule has 0 radical (unpaired) electrons. The van der Waals surface area contributed by atoms with Crippen molar-refractivity contribution in [1.29, 1.82) is 0 Å². The van der Waals surface area contributed by atoms with Crippen LogP contribution in [-0.4, -0.2) is 25.7 Å². The Morgan fingerprint density at radius 1 is 1.25 bits per heavy atom. The van der Waals surface area contributed by atoms with Crippen molar-refractivity contribution in [3.63, 3.8) is 0 Å². The quantitative estimate of drug-likeness (QED) is 0.385. The number of methoxy groups -OCH3 is 1. The lowest BCUT2D eigenvalue weighted by molar-refractivity contribution is 0.230. The lowest BCUT2D eigenvalue weighted by atomic mass is 10.3. The maximum absolute atomic E-state index is 6.07. The van der Waals surface area contributed by atoms with Gasteiger partial charge in [0.25, 0.3) is 0 Å². The number of nitrogens with one attached hydrogen (secondary N) is 1. The Morgan fingerprint density at radius 3 is 2.58 bits per heavy atom. The molecule has 0 aliphatic rings. The second-order valence-electron chi connectivity index (χ2n) is 4.94. The first-order valence-electron chi connectivity index (χ1n) is 7.20. The minimum Gasteiger partial charge on any atom is -0.495 e. The Balaban J connectivity index is 0.00000288. The number of nitrogens with zero attached hydrogens (tertiary/aromatic N) is 1. The highest BCUT2D eigenvalue weighted by Crippen LogP contribution is 2.27. The van der Waals surface area contributed by atoms with Crippen LogP contribution in [0.2, 0.25) is 5.02 Å². The van der Waals surface area contributed by atoms with Gasteiger partial charge >= 0.3 is 0 Å². The Morgan fingerprint density at radius 2 is 1.96 bits per heavy atom. The minimum absolute atomic E-state index is 0.